The molecule has 6 nitrogen and oxygen atoms in total. The molecule has 0 unspecified atom stereocenters. The van der Waals surface area contributed by atoms with E-state index in [1.807, 2.05) is 24.3 Å². The molecule has 3 rings (SSSR count). The summed E-state index contributed by atoms with van der Waals surface area (Å²) >= 11 is 1.55. The third-order valence-corrected chi connectivity index (χ3v) is 6.12. The van der Waals surface area contributed by atoms with E-state index in [0.29, 0.717) is 32.4 Å². The van der Waals surface area contributed by atoms with Gasteiger partial charge < -0.3 is 14.9 Å². The monoisotopic (exact) mass is 337 g/mol. The van der Waals surface area contributed by atoms with Gasteiger partial charge in [0.1, 0.15) is 0 Å². The van der Waals surface area contributed by atoms with Crippen LogP contribution < -0.4 is 0 Å². The van der Waals surface area contributed by atoms with E-state index in [9.17, 15) is 14.7 Å². The van der Waals surface area contributed by atoms with Crippen LogP contribution in [0.1, 0.15) is 30.0 Å². The van der Waals surface area contributed by atoms with Crippen LogP contribution in [0.3, 0.4) is 0 Å². The molecule has 2 atom stereocenters. The number of amides is 1. The number of carboxylic acids is 1. The summed E-state index contributed by atoms with van der Waals surface area (Å²) in [5.74, 6) is -0.662. The summed E-state index contributed by atoms with van der Waals surface area (Å²) in [6, 6.07) is -0.0939. The van der Waals surface area contributed by atoms with E-state index in [1.54, 1.807) is 11.3 Å². The van der Waals surface area contributed by atoms with E-state index >= 15 is 0 Å². The zero-order valence-corrected chi connectivity index (χ0v) is 14.4. The zero-order valence-electron chi connectivity index (χ0n) is 13.6. The van der Waals surface area contributed by atoms with Gasteiger partial charge in [0.15, 0.2) is 0 Å². The van der Waals surface area contributed by atoms with Gasteiger partial charge in [0.05, 0.1) is 22.5 Å². The molecule has 1 aromatic rings. The van der Waals surface area contributed by atoms with Gasteiger partial charge in [-0.3, -0.25) is 9.59 Å². The molecule has 1 N–H and O–H groups in total. The minimum Gasteiger partial charge on any atom is -0.481 e. The van der Waals surface area contributed by atoms with Gasteiger partial charge in [-0.25, -0.2) is 4.98 Å². The number of hydrogen-bond donors (Lipinski definition) is 1. The van der Waals surface area contributed by atoms with Crippen molar-refractivity contribution in [2.45, 2.75) is 38.6 Å². The van der Waals surface area contributed by atoms with Gasteiger partial charge in [-0.05, 0) is 39.8 Å². The maximum Gasteiger partial charge on any atom is 0.311 e. The first-order chi connectivity index (χ1) is 10.9. The number of carboxylic acid groups (broad SMARTS) is 1. The van der Waals surface area contributed by atoms with Crippen molar-refractivity contribution < 1.29 is 14.7 Å². The minimum atomic E-state index is -0.712. The minimum absolute atomic E-state index is 0.0493. The van der Waals surface area contributed by atoms with Gasteiger partial charge >= 0.3 is 5.97 Å². The highest BCUT2D eigenvalue weighted by Crippen LogP contribution is 2.42. The van der Waals surface area contributed by atoms with Gasteiger partial charge in [0.25, 0.3) is 0 Å². The number of aliphatic carboxylic acids is 1. The zero-order chi connectivity index (χ0) is 16.6. The molecule has 23 heavy (non-hydrogen) atoms. The van der Waals surface area contributed by atoms with Crippen LogP contribution in [0.4, 0.5) is 0 Å². The smallest absolute Gasteiger partial charge is 0.311 e. The predicted octanol–water partition coefficient (Wildman–Crippen LogP) is 1.39. The number of fused-ring (bicyclic) bond motifs is 1. The number of hydrogen-bond acceptors (Lipinski definition) is 5. The Morgan fingerprint density at radius 2 is 2.22 bits per heavy atom. The molecule has 2 aliphatic rings. The second-order valence-corrected chi connectivity index (χ2v) is 7.75. The Morgan fingerprint density at radius 1 is 1.43 bits per heavy atom. The highest BCUT2D eigenvalue weighted by Gasteiger charge is 2.52. The van der Waals surface area contributed by atoms with Crippen molar-refractivity contribution in [1.82, 2.24) is 14.8 Å². The Bertz CT molecular complexity index is 617. The summed E-state index contributed by atoms with van der Waals surface area (Å²) in [6.45, 7) is 3.86. The Kier molecular flexibility index (Phi) is 4.42. The fourth-order valence-corrected chi connectivity index (χ4v) is 4.58. The van der Waals surface area contributed by atoms with Crippen LogP contribution in [0.15, 0.2) is 5.38 Å². The molecule has 0 radical (unpaired) electrons. The number of carbonyl (C=O) groups is 2. The standard InChI is InChI=1S/C16H23N3O3S/c1-11-17-12(10-23-11)8-14(20)19-7-5-16(15(21)22)4-3-6-18(2)13(16)9-19/h10,13H,3-9H2,1-2H3,(H,21,22)/t13-,16+/m1/s1. The fraction of sp³-hybridized carbons (Fsp3) is 0.688. The number of thiazole rings is 1. The Labute approximate surface area is 140 Å². The first-order valence-corrected chi connectivity index (χ1v) is 8.93. The van der Waals surface area contributed by atoms with Crippen molar-refractivity contribution in [3.8, 4) is 0 Å². The Balaban J connectivity index is 1.72. The third-order valence-electron chi connectivity index (χ3n) is 5.30. The summed E-state index contributed by atoms with van der Waals surface area (Å²) in [5.41, 5.74) is 0.116. The first kappa shape index (κ1) is 16.4. The molecule has 2 saturated heterocycles. The van der Waals surface area contributed by atoms with E-state index in [1.165, 1.54) is 0 Å². The van der Waals surface area contributed by atoms with Gasteiger partial charge in [-0.1, -0.05) is 0 Å². The van der Waals surface area contributed by atoms with E-state index in [0.717, 1.165) is 23.7 Å². The average molecular weight is 337 g/mol. The lowest BCUT2D eigenvalue weighted by atomic mass is 9.68. The van der Waals surface area contributed by atoms with E-state index in [2.05, 4.69) is 9.88 Å². The van der Waals surface area contributed by atoms with Crippen molar-refractivity contribution >= 4 is 23.2 Å². The molecule has 1 amide bonds. The van der Waals surface area contributed by atoms with Crippen LogP contribution in [0.25, 0.3) is 0 Å². The quantitative estimate of drug-likeness (QED) is 0.902. The number of aryl methyl sites for hydroxylation is 1. The van der Waals surface area contributed by atoms with Crippen molar-refractivity contribution in [3.05, 3.63) is 16.1 Å². The van der Waals surface area contributed by atoms with Crippen LogP contribution in [0.2, 0.25) is 0 Å². The lowest BCUT2D eigenvalue weighted by Gasteiger charge is -2.51. The van der Waals surface area contributed by atoms with Gasteiger partial charge in [-0.15, -0.1) is 11.3 Å². The molecular formula is C16H23N3O3S. The number of likely N-dealkylation sites (N-methyl/N-ethyl adjacent to an activating group) is 1. The molecule has 0 aliphatic carbocycles. The van der Waals surface area contributed by atoms with E-state index < -0.39 is 11.4 Å². The van der Waals surface area contributed by atoms with Crippen LogP contribution >= 0.6 is 11.3 Å². The molecule has 0 bridgehead atoms. The number of carbonyl (C=O) groups excluding carboxylic acids is 1. The molecular weight excluding hydrogens is 314 g/mol. The van der Waals surface area contributed by atoms with Crippen molar-refractivity contribution in [2.75, 3.05) is 26.7 Å². The van der Waals surface area contributed by atoms with Gasteiger partial charge in [-0.2, -0.15) is 0 Å². The molecule has 7 heteroatoms. The molecule has 3 heterocycles. The average Bonchev–Trinajstić information content (AvgIpc) is 2.92. The molecule has 2 aliphatic heterocycles. The van der Waals surface area contributed by atoms with Gasteiger partial charge in [0, 0.05) is 24.5 Å². The molecule has 0 saturated carbocycles. The third kappa shape index (κ3) is 2.99. The second-order valence-electron chi connectivity index (χ2n) is 6.69. The lowest BCUT2D eigenvalue weighted by Crippen LogP contribution is -2.63. The summed E-state index contributed by atoms with van der Waals surface area (Å²) in [7, 11) is 1.97. The Hall–Kier alpha value is -1.47. The summed E-state index contributed by atoms with van der Waals surface area (Å²) in [4.78, 5) is 32.7. The molecule has 2 fully saturated rings. The van der Waals surface area contributed by atoms with E-state index in [4.69, 9.17) is 0 Å². The Morgan fingerprint density at radius 3 is 2.87 bits per heavy atom. The van der Waals surface area contributed by atoms with Crippen LogP contribution in [-0.2, 0) is 16.0 Å². The normalized spacial score (nSPS) is 28.4. The summed E-state index contributed by atoms with van der Waals surface area (Å²) in [5, 5.41) is 12.6. The number of aromatic nitrogens is 1. The molecule has 0 aromatic carbocycles. The van der Waals surface area contributed by atoms with Crippen LogP contribution in [0.5, 0.6) is 0 Å². The number of rotatable bonds is 3. The number of likely N-dealkylation sites (tertiary alicyclic amines) is 2. The van der Waals surface area contributed by atoms with Crippen molar-refractivity contribution in [3.63, 3.8) is 0 Å². The number of nitrogens with zero attached hydrogens (tertiary/aromatic N) is 3. The number of piperidine rings is 2. The maximum atomic E-state index is 12.6. The summed E-state index contributed by atoms with van der Waals surface area (Å²) < 4.78 is 0. The fourth-order valence-electron chi connectivity index (χ4n) is 3.97. The predicted molar refractivity (Wildman–Crippen MR) is 87.5 cm³/mol. The molecule has 126 valence electrons. The highest BCUT2D eigenvalue weighted by atomic mass is 32.1. The topological polar surface area (TPSA) is 73.7 Å². The lowest BCUT2D eigenvalue weighted by molar-refractivity contribution is -0.165. The summed E-state index contributed by atoms with van der Waals surface area (Å²) in [6.07, 6.45) is 2.47. The van der Waals surface area contributed by atoms with Crippen LogP contribution in [-0.4, -0.2) is 64.5 Å². The van der Waals surface area contributed by atoms with Crippen LogP contribution in [0, 0.1) is 12.3 Å². The maximum absolute atomic E-state index is 12.6. The van der Waals surface area contributed by atoms with Crippen molar-refractivity contribution in [2.24, 2.45) is 5.41 Å². The first-order valence-electron chi connectivity index (χ1n) is 8.05. The second kappa shape index (κ2) is 6.20. The van der Waals surface area contributed by atoms with Gasteiger partial charge in [0.2, 0.25) is 5.91 Å². The molecule has 1 aromatic heterocycles. The molecule has 0 spiro atoms. The largest absolute Gasteiger partial charge is 0.481 e. The van der Waals surface area contributed by atoms with Crippen molar-refractivity contribution in [1.29, 1.82) is 0 Å². The highest BCUT2D eigenvalue weighted by molar-refractivity contribution is 7.09. The SMILES string of the molecule is Cc1nc(CC(=O)N2CC[C@@]3(C(=O)O)CCCN(C)[C@@H]3C2)cs1. The van der Waals surface area contributed by atoms with E-state index in [-0.39, 0.29) is 11.9 Å².